The molecule has 3 nitrogen and oxygen atoms in total. The van der Waals surface area contributed by atoms with E-state index in [1.54, 1.807) is 0 Å². The van der Waals surface area contributed by atoms with Gasteiger partial charge in [-0.2, -0.15) is 0 Å². The zero-order valence-electron chi connectivity index (χ0n) is 17.2. The van der Waals surface area contributed by atoms with Crippen LogP contribution in [0.3, 0.4) is 0 Å². The molecule has 0 aromatic heterocycles. The number of ether oxygens (including phenoxy) is 1. The first kappa shape index (κ1) is 23.3. The molecule has 2 rings (SSSR count). The van der Waals surface area contributed by atoms with E-state index in [9.17, 15) is 4.79 Å². The van der Waals surface area contributed by atoms with Gasteiger partial charge < -0.3 is 10.5 Å². The molecule has 0 radical (unpaired) electrons. The van der Waals surface area contributed by atoms with Gasteiger partial charge in [-0.05, 0) is 81.2 Å². The lowest BCUT2D eigenvalue weighted by Crippen LogP contribution is -2.06. The van der Waals surface area contributed by atoms with Gasteiger partial charge in [0.1, 0.15) is 0 Å². The standard InChI is InChI=1S/C21H28ClNO2.C2H6/c1-3-25-21(17-5-4-6-17)12-8-16-7-11-20(22)18(14-16)9-10-19(23)13-15(2)24;1-2/h7,11,13-14H,3-6,8-10,12,23H2,1-2H3;1-2H3/b19-13-;. The van der Waals surface area contributed by atoms with Gasteiger partial charge >= 0.3 is 0 Å². The van der Waals surface area contributed by atoms with Gasteiger partial charge in [0.15, 0.2) is 5.78 Å². The summed E-state index contributed by atoms with van der Waals surface area (Å²) in [6.45, 7) is 8.28. The van der Waals surface area contributed by atoms with Crippen molar-refractivity contribution >= 4 is 17.4 Å². The highest BCUT2D eigenvalue weighted by atomic mass is 35.5. The molecule has 0 heterocycles. The quantitative estimate of drug-likeness (QED) is 0.406. The molecule has 0 amide bonds. The molecule has 2 N–H and O–H groups in total. The second-order valence-corrected chi connectivity index (χ2v) is 6.98. The number of hydrogen-bond donors (Lipinski definition) is 1. The van der Waals surface area contributed by atoms with Crippen molar-refractivity contribution < 1.29 is 9.53 Å². The van der Waals surface area contributed by atoms with Crippen molar-refractivity contribution in [3.63, 3.8) is 0 Å². The van der Waals surface area contributed by atoms with Crippen LogP contribution < -0.4 is 5.73 Å². The molecule has 0 saturated heterocycles. The number of carbonyl (C=O) groups is 1. The third-order valence-corrected chi connectivity index (χ3v) is 4.86. The fourth-order valence-electron chi connectivity index (χ4n) is 3.00. The number of halogens is 1. The van der Waals surface area contributed by atoms with E-state index in [4.69, 9.17) is 22.1 Å². The van der Waals surface area contributed by atoms with Crippen LogP contribution in [0.2, 0.25) is 5.02 Å². The Morgan fingerprint density at radius 1 is 1.22 bits per heavy atom. The number of nitrogens with two attached hydrogens (primary N) is 1. The van der Waals surface area contributed by atoms with Crippen molar-refractivity contribution in [2.75, 3.05) is 6.61 Å². The number of benzene rings is 1. The highest BCUT2D eigenvalue weighted by molar-refractivity contribution is 6.31. The summed E-state index contributed by atoms with van der Waals surface area (Å²) in [5.41, 5.74) is 10.3. The monoisotopic (exact) mass is 391 g/mol. The van der Waals surface area contributed by atoms with Crippen molar-refractivity contribution in [1.29, 1.82) is 0 Å². The van der Waals surface area contributed by atoms with Gasteiger partial charge in [0, 0.05) is 17.1 Å². The molecule has 1 aromatic carbocycles. The van der Waals surface area contributed by atoms with E-state index in [1.807, 2.05) is 26.8 Å². The maximum Gasteiger partial charge on any atom is 0.154 e. The number of hydrogen-bond acceptors (Lipinski definition) is 3. The Morgan fingerprint density at radius 3 is 2.48 bits per heavy atom. The summed E-state index contributed by atoms with van der Waals surface area (Å²) >= 11 is 6.32. The second-order valence-electron chi connectivity index (χ2n) is 6.57. The third-order valence-electron chi connectivity index (χ3n) is 4.49. The molecule has 1 saturated carbocycles. The summed E-state index contributed by atoms with van der Waals surface area (Å²) in [6.07, 6.45) is 8.39. The summed E-state index contributed by atoms with van der Waals surface area (Å²) in [5, 5.41) is 0.752. The molecule has 0 spiro atoms. The van der Waals surface area contributed by atoms with Crippen LogP contribution in [0.25, 0.3) is 0 Å². The van der Waals surface area contributed by atoms with Crippen LogP contribution in [0.4, 0.5) is 0 Å². The molecule has 1 aromatic rings. The van der Waals surface area contributed by atoms with E-state index in [-0.39, 0.29) is 5.78 Å². The van der Waals surface area contributed by atoms with Gasteiger partial charge in [-0.3, -0.25) is 4.79 Å². The largest absolute Gasteiger partial charge is 0.498 e. The number of rotatable bonds is 9. The van der Waals surface area contributed by atoms with E-state index in [1.165, 1.54) is 49.2 Å². The maximum absolute atomic E-state index is 11.1. The summed E-state index contributed by atoms with van der Waals surface area (Å²) in [5.74, 6) is 1.16. The fraction of sp³-hybridized carbons (Fsp3) is 0.522. The van der Waals surface area contributed by atoms with Gasteiger partial charge in [0.05, 0.1) is 12.4 Å². The summed E-state index contributed by atoms with van der Waals surface area (Å²) in [7, 11) is 0. The van der Waals surface area contributed by atoms with E-state index < -0.39 is 0 Å². The van der Waals surface area contributed by atoms with E-state index in [2.05, 4.69) is 12.1 Å². The fourth-order valence-corrected chi connectivity index (χ4v) is 3.21. The van der Waals surface area contributed by atoms with Crippen LogP contribution in [0, 0.1) is 0 Å². The molecule has 1 aliphatic carbocycles. The molecule has 1 aliphatic rings. The minimum absolute atomic E-state index is 0.0233. The zero-order chi connectivity index (χ0) is 20.2. The predicted molar refractivity (Wildman–Crippen MR) is 115 cm³/mol. The predicted octanol–water partition coefficient (Wildman–Crippen LogP) is 6.14. The zero-order valence-corrected chi connectivity index (χ0v) is 18.0. The second kappa shape index (κ2) is 12.6. The lowest BCUT2D eigenvalue weighted by molar-refractivity contribution is -0.112. The molecule has 0 aliphatic heterocycles. The molecule has 27 heavy (non-hydrogen) atoms. The van der Waals surface area contributed by atoms with Crippen LogP contribution >= 0.6 is 11.6 Å². The minimum Gasteiger partial charge on any atom is -0.498 e. The van der Waals surface area contributed by atoms with E-state index >= 15 is 0 Å². The Kier molecular flexibility index (Phi) is 10.9. The lowest BCUT2D eigenvalue weighted by Gasteiger charge is -2.22. The smallest absolute Gasteiger partial charge is 0.154 e. The highest BCUT2D eigenvalue weighted by Crippen LogP contribution is 2.31. The van der Waals surface area contributed by atoms with Crippen molar-refractivity contribution in [3.05, 3.63) is 57.5 Å². The average molecular weight is 392 g/mol. The Hall–Kier alpha value is -1.74. The number of aryl methyl sites for hydroxylation is 2. The molecule has 0 bridgehead atoms. The molecule has 150 valence electrons. The van der Waals surface area contributed by atoms with Crippen molar-refractivity contribution in [3.8, 4) is 0 Å². The van der Waals surface area contributed by atoms with Gasteiger partial charge in [-0.1, -0.05) is 37.6 Å². The Balaban J connectivity index is 0.00000176. The lowest BCUT2D eigenvalue weighted by atomic mass is 9.89. The normalized spacial score (nSPS) is 13.4. The van der Waals surface area contributed by atoms with Gasteiger partial charge in [-0.25, -0.2) is 0 Å². The number of carbonyl (C=O) groups excluding carboxylic acids is 1. The van der Waals surface area contributed by atoms with E-state index in [0.29, 0.717) is 12.1 Å². The molecule has 4 heteroatoms. The first-order valence-corrected chi connectivity index (χ1v) is 10.4. The van der Waals surface area contributed by atoms with Gasteiger partial charge in [-0.15, -0.1) is 0 Å². The van der Waals surface area contributed by atoms with Crippen molar-refractivity contribution in [1.82, 2.24) is 0 Å². The van der Waals surface area contributed by atoms with Crippen LogP contribution in [0.1, 0.15) is 70.9 Å². The Bertz CT molecular complexity index is 671. The van der Waals surface area contributed by atoms with Gasteiger partial charge in [0.2, 0.25) is 0 Å². The molecular weight excluding hydrogens is 358 g/mol. The number of ketones is 1. The highest BCUT2D eigenvalue weighted by Gasteiger charge is 2.15. The van der Waals surface area contributed by atoms with Crippen LogP contribution in [0.15, 0.2) is 41.3 Å². The maximum atomic E-state index is 11.1. The molecule has 0 atom stereocenters. The minimum atomic E-state index is -0.0233. The molecule has 1 fully saturated rings. The Labute approximate surface area is 169 Å². The van der Waals surface area contributed by atoms with Gasteiger partial charge in [0.25, 0.3) is 0 Å². The van der Waals surface area contributed by atoms with Crippen molar-refractivity contribution in [2.24, 2.45) is 5.73 Å². The first-order chi connectivity index (χ1) is 13.0. The number of allylic oxidation sites excluding steroid dienone is 4. The Morgan fingerprint density at radius 2 is 1.93 bits per heavy atom. The molecule has 0 unspecified atom stereocenters. The SMILES string of the molecule is CC.CCOC(CCc1ccc(Cl)c(CC/C(N)=C/C(C)=O)c1)=C1CCC1. The summed E-state index contributed by atoms with van der Waals surface area (Å²) < 4.78 is 5.84. The average Bonchev–Trinajstić information content (AvgIpc) is 2.59. The summed E-state index contributed by atoms with van der Waals surface area (Å²) in [6, 6.07) is 6.18. The third kappa shape index (κ3) is 8.21. The topological polar surface area (TPSA) is 52.3 Å². The van der Waals surface area contributed by atoms with Crippen LogP contribution in [-0.4, -0.2) is 12.4 Å². The van der Waals surface area contributed by atoms with Crippen LogP contribution in [-0.2, 0) is 22.4 Å². The van der Waals surface area contributed by atoms with Crippen LogP contribution in [0.5, 0.6) is 0 Å². The van der Waals surface area contributed by atoms with Crippen molar-refractivity contribution in [2.45, 2.75) is 72.6 Å². The summed E-state index contributed by atoms with van der Waals surface area (Å²) in [4.78, 5) is 11.1. The van der Waals surface area contributed by atoms with E-state index in [0.717, 1.165) is 36.5 Å². The molecular formula is C23H34ClNO2. The first-order valence-electron chi connectivity index (χ1n) is 10.1.